The molecule has 3 aliphatic heterocycles. The number of thioether (sulfide) groups is 1. The highest BCUT2D eigenvalue weighted by Gasteiger charge is 2.72. The number of Topliss-reactive ketones (excluding diaryl/α,β-unsaturated/α-hetero) is 2. The number of fused-ring (bicyclic) bond motifs is 4. The molecule has 4 rings (SSSR count). The number of nitrogens with zero attached hydrogens (tertiary/aromatic N) is 1. The van der Waals surface area contributed by atoms with Crippen LogP contribution in [0.4, 0.5) is 4.79 Å². The molecule has 2 saturated heterocycles. The van der Waals surface area contributed by atoms with E-state index in [1.807, 2.05) is 4.90 Å². The number of ketones is 2. The molecule has 9 nitrogen and oxygen atoms in total. The number of hydrogen-bond donors (Lipinski definition) is 3. The van der Waals surface area contributed by atoms with Crippen LogP contribution in [-0.4, -0.2) is 72.1 Å². The maximum absolute atomic E-state index is 13.7. The molecule has 37 heavy (non-hydrogen) atoms. The quantitative estimate of drug-likeness (QED) is 0.154. The predicted octanol–water partition coefficient (Wildman–Crippen LogP) is 2.98. The van der Waals surface area contributed by atoms with E-state index in [1.54, 1.807) is 18.9 Å². The van der Waals surface area contributed by atoms with Crippen LogP contribution in [0.3, 0.4) is 0 Å². The molecule has 0 radical (unpaired) electrons. The lowest BCUT2D eigenvalue weighted by molar-refractivity contribution is -0.137. The van der Waals surface area contributed by atoms with E-state index >= 15 is 0 Å². The van der Waals surface area contributed by atoms with Gasteiger partial charge in [0.1, 0.15) is 6.61 Å². The second kappa shape index (κ2) is 12.2. The summed E-state index contributed by atoms with van der Waals surface area (Å²) < 4.78 is 11.1. The number of piperazine rings is 1. The number of amides is 1. The average Bonchev–Trinajstić information content (AvgIpc) is 3.49. The Bertz CT molecular complexity index is 966. The van der Waals surface area contributed by atoms with E-state index in [4.69, 9.17) is 20.9 Å². The van der Waals surface area contributed by atoms with Crippen molar-refractivity contribution < 1.29 is 23.9 Å². The minimum Gasteiger partial charge on any atom is -0.449 e. The number of nitrogens with one attached hydrogen (secondary N) is 1. The van der Waals surface area contributed by atoms with Crippen LogP contribution in [-0.2, 0) is 19.1 Å². The molecule has 1 aliphatic carbocycles. The summed E-state index contributed by atoms with van der Waals surface area (Å²) in [5.74, 6) is 0.0969. The van der Waals surface area contributed by atoms with Gasteiger partial charge in [0.05, 0.1) is 23.4 Å². The Morgan fingerprint density at radius 3 is 2.35 bits per heavy atom. The molecule has 4 aliphatic rings. The van der Waals surface area contributed by atoms with Crippen molar-refractivity contribution in [2.75, 3.05) is 31.8 Å². The SMILES string of the molecule is CCCCCCCCCCCCSCC1=C(N)C(=O)C2=C(C1=O)N1C[C@@H]3N[C@@H]3[C@]1(OC)[C@@H]2COC(N)=O. The Morgan fingerprint density at radius 1 is 1.08 bits per heavy atom. The lowest BCUT2D eigenvalue weighted by Crippen LogP contribution is -2.55. The Labute approximate surface area is 224 Å². The van der Waals surface area contributed by atoms with Crippen molar-refractivity contribution >= 4 is 29.4 Å². The summed E-state index contributed by atoms with van der Waals surface area (Å²) in [5.41, 5.74) is 11.5. The summed E-state index contributed by atoms with van der Waals surface area (Å²) in [7, 11) is 1.56. The molecule has 4 atom stereocenters. The zero-order valence-corrected chi connectivity index (χ0v) is 23.0. The molecular formula is C27H42N4O5S. The van der Waals surface area contributed by atoms with Gasteiger partial charge in [0.2, 0.25) is 11.6 Å². The van der Waals surface area contributed by atoms with Crippen molar-refractivity contribution in [3.05, 3.63) is 22.5 Å². The topological polar surface area (TPSA) is 147 Å². The maximum Gasteiger partial charge on any atom is 0.404 e. The first-order valence-corrected chi connectivity index (χ1v) is 14.9. The fourth-order valence-corrected chi connectivity index (χ4v) is 7.29. The molecule has 0 aromatic rings. The molecule has 2 fully saturated rings. The van der Waals surface area contributed by atoms with Gasteiger partial charge in [-0.2, -0.15) is 11.8 Å². The first-order chi connectivity index (χ1) is 17.9. The molecule has 10 heteroatoms. The van der Waals surface area contributed by atoms with Crippen molar-refractivity contribution in [3.63, 3.8) is 0 Å². The van der Waals surface area contributed by atoms with Crippen molar-refractivity contribution in [2.45, 2.75) is 88.9 Å². The Balaban J connectivity index is 1.31. The van der Waals surface area contributed by atoms with Crippen molar-refractivity contribution in [1.82, 2.24) is 10.2 Å². The highest BCUT2D eigenvalue weighted by molar-refractivity contribution is 7.99. The normalized spacial score (nSPS) is 28.1. The van der Waals surface area contributed by atoms with E-state index in [-0.39, 0.29) is 41.5 Å². The van der Waals surface area contributed by atoms with Gasteiger partial charge in [-0.25, -0.2) is 4.79 Å². The van der Waals surface area contributed by atoms with Gasteiger partial charge in [-0.1, -0.05) is 64.7 Å². The zero-order chi connectivity index (χ0) is 26.6. The van der Waals surface area contributed by atoms with Crippen LogP contribution in [0.1, 0.15) is 71.1 Å². The van der Waals surface area contributed by atoms with Crippen molar-refractivity contribution in [1.29, 1.82) is 0 Å². The third-order valence-electron chi connectivity index (χ3n) is 8.22. The molecule has 0 aromatic heterocycles. The number of carbonyl (C=O) groups excluding carboxylic acids is 3. The number of rotatable bonds is 16. The van der Waals surface area contributed by atoms with Gasteiger partial charge in [0.15, 0.2) is 5.72 Å². The smallest absolute Gasteiger partial charge is 0.404 e. The van der Waals surface area contributed by atoms with E-state index < -0.39 is 17.7 Å². The number of ether oxygens (including phenoxy) is 2. The average molecular weight is 535 g/mol. The van der Waals surface area contributed by atoms with Crippen LogP contribution in [0.15, 0.2) is 22.5 Å². The summed E-state index contributed by atoms with van der Waals surface area (Å²) >= 11 is 1.65. The number of hydrogen-bond acceptors (Lipinski definition) is 9. The van der Waals surface area contributed by atoms with Gasteiger partial charge in [-0.15, -0.1) is 0 Å². The summed E-state index contributed by atoms with van der Waals surface area (Å²) in [6.45, 7) is 2.63. The minimum atomic E-state index is -0.977. The Morgan fingerprint density at radius 2 is 1.73 bits per heavy atom. The molecule has 0 aromatic carbocycles. The fourth-order valence-electron chi connectivity index (χ4n) is 6.25. The summed E-state index contributed by atoms with van der Waals surface area (Å²) in [6.07, 6.45) is 11.9. The van der Waals surface area contributed by atoms with Gasteiger partial charge < -0.3 is 31.2 Å². The van der Waals surface area contributed by atoms with Crippen LogP contribution < -0.4 is 16.8 Å². The second-order valence-corrected chi connectivity index (χ2v) is 11.7. The first-order valence-electron chi connectivity index (χ1n) is 13.8. The highest BCUT2D eigenvalue weighted by atomic mass is 32.2. The van der Waals surface area contributed by atoms with E-state index in [1.165, 1.54) is 57.8 Å². The Hall–Kier alpha value is -2.04. The molecule has 5 N–H and O–H groups in total. The standard InChI is InChI=1S/C27H42N4O5S/c1-3-4-5-6-7-8-9-10-11-12-13-37-16-17-21(28)24(33)20-18(15-36-26(29)34)27(35-2)25-19(30-25)14-31(27)22(20)23(17)32/h18-19,25,30H,3-16,28H2,1-2H3,(H2,29,34)/t18-,19+,25+,27-/m1/s1. The molecule has 0 unspecified atom stereocenters. The molecule has 1 amide bonds. The number of unbranched alkanes of at least 4 members (excludes halogenated alkanes) is 9. The molecule has 0 saturated carbocycles. The number of primary amides is 1. The maximum atomic E-state index is 13.7. The number of methoxy groups -OCH3 is 1. The van der Waals surface area contributed by atoms with Crippen LogP contribution in [0, 0.1) is 5.92 Å². The summed E-state index contributed by atoms with van der Waals surface area (Å²) in [5, 5.41) is 3.35. The monoisotopic (exact) mass is 534 g/mol. The summed E-state index contributed by atoms with van der Waals surface area (Å²) in [4.78, 5) is 40.4. The molecule has 0 spiro atoms. The second-order valence-electron chi connectivity index (χ2n) is 10.5. The van der Waals surface area contributed by atoms with E-state index in [2.05, 4.69) is 12.2 Å². The Kier molecular flexibility index (Phi) is 9.24. The van der Waals surface area contributed by atoms with E-state index in [0.717, 1.165) is 12.2 Å². The van der Waals surface area contributed by atoms with Crippen LogP contribution in [0.25, 0.3) is 0 Å². The van der Waals surface area contributed by atoms with Crippen LogP contribution in [0.5, 0.6) is 0 Å². The third kappa shape index (κ3) is 5.43. The van der Waals surface area contributed by atoms with Gasteiger partial charge >= 0.3 is 6.09 Å². The number of allylic oxidation sites excluding steroid dienone is 2. The highest BCUT2D eigenvalue weighted by Crippen LogP contribution is 2.55. The number of nitrogens with two attached hydrogens (primary N) is 2. The van der Waals surface area contributed by atoms with Gasteiger partial charge in [0.25, 0.3) is 0 Å². The van der Waals surface area contributed by atoms with Gasteiger partial charge in [0, 0.05) is 36.6 Å². The van der Waals surface area contributed by atoms with Gasteiger partial charge in [-0.3, -0.25) is 9.59 Å². The van der Waals surface area contributed by atoms with Crippen LogP contribution >= 0.6 is 11.8 Å². The minimum absolute atomic E-state index is 0.00358. The largest absolute Gasteiger partial charge is 0.449 e. The molecule has 0 bridgehead atoms. The fraction of sp³-hybridized carbons (Fsp3) is 0.741. The van der Waals surface area contributed by atoms with Crippen LogP contribution in [0.2, 0.25) is 0 Å². The third-order valence-corrected chi connectivity index (χ3v) is 9.29. The van der Waals surface area contributed by atoms with Crippen molar-refractivity contribution in [3.8, 4) is 0 Å². The lowest BCUT2D eigenvalue weighted by atomic mass is 9.82. The molecule has 206 valence electrons. The van der Waals surface area contributed by atoms with E-state index in [0.29, 0.717) is 23.6 Å². The summed E-state index contributed by atoms with van der Waals surface area (Å²) in [6, 6.07) is 0.0889. The van der Waals surface area contributed by atoms with Gasteiger partial charge in [-0.05, 0) is 12.2 Å². The predicted molar refractivity (Wildman–Crippen MR) is 144 cm³/mol. The first kappa shape index (κ1) is 28.0. The molecule has 3 heterocycles. The number of carbonyl (C=O) groups is 3. The lowest BCUT2D eigenvalue weighted by Gasteiger charge is -2.39. The van der Waals surface area contributed by atoms with E-state index in [9.17, 15) is 14.4 Å². The molecular weight excluding hydrogens is 492 g/mol. The zero-order valence-electron chi connectivity index (χ0n) is 22.2. The van der Waals surface area contributed by atoms with Crippen molar-refractivity contribution in [2.24, 2.45) is 17.4 Å².